The van der Waals surface area contributed by atoms with Crippen LogP contribution >= 0.6 is 0 Å². The minimum atomic E-state index is -3.07. The van der Waals surface area contributed by atoms with Crippen molar-refractivity contribution in [1.29, 1.82) is 0 Å². The maximum atomic E-state index is 12.6. The molecule has 100 valence electrons. The molecule has 0 aromatic carbocycles. The number of ether oxygens (including phenoxy) is 1. The van der Waals surface area contributed by atoms with E-state index < -0.39 is 9.84 Å². The van der Waals surface area contributed by atoms with E-state index in [9.17, 15) is 8.42 Å². The summed E-state index contributed by atoms with van der Waals surface area (Å²) in [5.74, 6) is 0.481. The van der Waals surface area contributed by atoms with Crippen LogP contribution in [0.3, 0.4) is 0 Å². The van der Waals surface area contributed by atoms with Gasteiger partial charge in [-0.25, -0.2) is 8.42 Å². The first-order valence-electron chi connectivity index (χ1n) is 6.58. The van der Waals surface area contributed by atoms with Crippen molar-refractivity contribution >= 4 is 9.84 Å². The van der Waals surface area contributed by atoms with Crippen LogP contribution < -0.4 is 5.73 Å². The second kappa shape index (κ2) is 5.24. The Labute approximate surface area is 104 Å². The number of nitrogens with two attached hydrogens (primary N) is 1. The summed E-state index contributed by atoms with van der Waals surface area (Å²) in [7, 11) is -3.07. The molecule has 1 saturated heterocycles. The van der Waals surface area contributed by atoms with Crippen molar-refractivity contribution in [1.82, 2.24) is 0 Å². The van der Waals surface area contributed by atoms with E-state index in [4.69, 9.17) is 10.5 Å². The molecule has 0 radical (unpaired) electrons. The van der Waals surface area contributed by atoms with Crippen LogP contribution in [0, 0.1) is 5.92 Å². The van der Waals surface area contributed by atoms with Gasteiger partial charge >= 0.3 is 0 Å². The van der Waals surface area contributed by atoms with Gasteiger partial charge in [0.2, 0.25) is 0 Å². The Kier molecular flexibility index (Phi) is 4.10. The number of hydrogen-bond donors (Lipinski definition) is 1. The molecule has 0 aromatic rings. The van der Waals surface area contributed by atoms with E-state index in [1.165, 1.54) is 0 Å². The fourth-order valence-electron chi connectivity index (χ4n) is 2.98. The maximum Gasteiger partial charge on any atom is 0.157 e. The van der Waals surface area contributed by atoms with Crippen molar-refractivity contribution in [2.75, 3.05) is 13.2 Å². The molecular weight excluding hydrogens is 238 g/mol. The molecule has 3 unspecified atom stereocenters. The predicted octanol–water partition coefficient (Wildman–Crippen LogP) is 1.10. The van der Waals surface area contributed by atoms with Gasteiger partial charge in [0.1, 0.15) is 0 Å². The highest BCUT2D eigenvalue weighted by molar-refractivity contribution is 7.92. The number of rotatable bonds is 2. The molecule has 17 heavy (non-hydrogen) atoms. The van der Waals surface area contributed by atoms with Crippen LogP contribution in [0.1, 0.15) is 39.0 Å². The van der Waals surface area contributed by atoms with Gasteiger partial charge in [0.25, 0.3) is 0 Å². The fourth-order valence-corrected chi connectivity index (χ4v) is 5.55. The lowest BCUT2D eigenvalue weighted by atomic mass is 9.87. The molecule has 1 saturated carbocycles. The zero-order valence-corrected chi connectivity index (χ0v) is 11.3. The van der Waals surface area contributed by atoms with Gasteiger partial charge in [-0.15, -0.1) is 0 Å². The van der Waals surface area contributed by atoms with Crippen molar-refractivity contribution in [3.05, 3.63) is 0 Å². The Balaban J connectivity index is 2.12. The van der Waals surface area contributed by atoms with Crippen molar-refractivity contribution in [3.63, 3.8) is 0 Å². The molecule has 2 N–H and O–H groups in total. The van der Waals surface area contributed by atoms with Crippen LogP contribution in [-0.4, -0.2) is 38.2 Å². The Morgan fingerprint density at radius 1 is 1.12 bits per heavy atom. The molecule has 1 aliphatic carbocycles. The lowest BCUT2D eigenvalue weighted by Gasteiger charge is -2.35. The van der Waals surface area contributed by atoms with E-state index in [-0.39, 0.29) is 16.5 Å². The van der Waals surface area contributed by atoms with Crippen LogP contribution in [0.2, 0.25) is 0 Å². The summed E-state index contributed by atoms with van der Waals surface area (Å²) >= 11 is 0. The third kappa shape index (κ3) is 2.83. The van der Waals surface area contributed by atoms with Crippen molar-refractivity contribution in [2.45, 2.75) is 55.6 Å². The Hall–Kier alpha value is -0.130. The fraction of sp³-hybridized carbons (Fsp3) is 1.00. The van der Waals surface area contributed by atoms with Gasteiger partial charge in [0, 0.05) is 19.3 Å². The van der Waals surface area contributed by atoms with Gasteiger partial charge in [0.05, 0.1) is 10.5 Å². The van der Waals surface area contributed by atoms with Crippen molar-refractivity contribution in [2.24, 2.45) is 11.7 Å². The lowest BCUT2D eigenvalue weighted by Crippen LogP contribution is -2.49. The predicted molar refractivity (Wildman–Crippen MR) is 67.5 cm³/mol. The second-order valence-electron chi connectivity index (χ2n) is 5.52. The minimum Gasteiger partial charge on any atom is -0.381 e. The molecule has 4 nitrogen and oxygen atoms in total. The van der Waals surface area contributed by atoms with Crippen LogP contribution in [-0.2, 0) is 14.6 Å². The molecule has 2 aliphatic rings. The quantitative estimate of drug-likeness (QED) is 0.808. The van der Waals surface area contributed by atoms with Gasteiger partial charge < -0.3 is 10.5 Å². The van der Waals surface area contributed by atoms with E-state index in [0.29, 0.717) is 32.0 Å². The molecule has 0 spiro atoms. The van der Waals surface area contributed by atoms with Gasteiger partial charge in [0.15, 0.2) is 9.84 Å². The van der Waals surface area contributed by atoms with Crippen molar-refractivity contribution < 1.29 is 13.2 Å². The largest absolute Gasteiger partial charge is 0.381 e. The number of hydrogen-bond acceptors (Lipinski definition) is 4. The summed E-state index contributed by atoms with van der Waals surface area (Å²) in [6.07, 6.45) is 3.91. The highest BCUT2D eigenvalue weighted by Crippen LogP contribution is 2.32. The summed E-state index contributed by atoms with van der Waals surface area (Å²) < 4.78 is 30.4. The van der Waals surface area contributed by atoms with Crippen LogP contribution in [0.4, 0.5) is 0 Å². The molecular formula is C12H23NO3S. The maximum absolute atomic E-state index is 12.6. The second-order valence-corrected chi connectivity index (χ2v) is 7.97. The smallest absolute Gasteiger partial charge is 0.157 e. The SMILES string of the molecule is CC1CCC(N)C(S(=O)(=O)C2CCOCC2)C1. The molecule has 0 aromatic heterocycles. The molecule has 1 heterocycles. The monoisotopic (exact) mass is 261 g/mol. The van der Waals surface area contributed by atoms with Gasteiger partial charge in [-0.2, -0.15) is 0 Å². The summed E-state index contributed by atoms with van der Waals surface area (Å²) in [4.78, 5) is 0. The summed E-state index contributed by atoms with van der Waals surface area (Å²) in [6, 6.07) is -0.168. The zero-order chi connectivity index (χ0) is 12.5. The van der Waals surface area contributed by atoms with Crippen LogP contribution in [0.5, 0.6) is 0 Å². The zero-order valence-electron chi connectivity index (χ0n) is 10.5. The first-order valence-corrected chi connectivity index (χ1v) is 8.19. The molecule has 5 heteroatoms. The normalized spacial score (nSPS) is 36.9. The minimum absolute atomic E-state index is 0.168. The van der Waals surface area contributed by atoms with E-state index in [0.717, 1.165) is 19.3 Å². The van der Waals surface area contributed by atoms with Gasteiger partial charge in [-0.1, -0.05) is 6.92 Å². The first kappa shape index (κ1) is 13.3. The lowest BCUT2D eigenvalue weighted by molar-refractivity contribution is 0.0979. The average Bonchev–Trinajstić information content (AvgIpc) is 2.33. The summed E-state index contributed by atoms with van der Waals surface area (Å²) in [5, 5.41) is -0.549. The highest BCUT2D eigenvalue weighted by atomic mass is 32.2. The Morgan fingerprint density at radius 3 is 2.41 bits per heavy atom. The van der Waals surface area contributed by atoms with Crippen molar-refractivity contribution in [3.8, 4) is 0 Å². The van der Waals surface area contributed by atoms with E-state index in [1.54, 1.807) is 0 Å². The first-order chi connectivity index (χ1) is 8.01. The molecule has 3 atom stereocenters. The van der Waals surface area contributed by atoms with Gasteiger partial charge in [-0.3, -0.25) is 0 Å². The molecule has 2 fully saturated rings. The van der Waals surface area contributed by atoms with Gasteiger partial charge in [-0.05, 0) is 38.0 Å². The third-order valence-corrected chi connectivity index (χ3v) is 6.95. The summed E-state index contributed by atoms with van der Waals surface area (Å²) in [6.45, 7) is 3.27. The summed E-state index contributed by atoms with van der Waals surface area (Å²) in [5.41, 5.74) is 6.02. The molecule has 1 aliphatic heterocycles. The Bertz CT molecular complexity index is 349. The van der Waals surface area contributed by atoms with Crippen LogP contribution in [0.25, 0.3) is 0 Å². The molecule has 2 rings (SSSR count). The van der Waals surface area contributed by atoms with Crippen LogP contribution in [0.15, 0.2) is 0 Å². The van der Waals surface area contributed by atoms with E-state index in [2.05, 4.69) is 6.92 Å². The topological polar surface area (TPSA) is 69.4 Å². The van der Waals surface area contributed by atoms with E-state index in [1.807, 2.05) is 0 Å². The Morgan fingerprint density at radius 2 is 1.76 bits per heavy atom. The molecule has 0 bridgehead atoms. The standard InChI is InChI=1S/C12H23NO3S/c1-9-2-3-11(13)12(8-9)17(14,15)10-4-6-16-7-5-10/h9-12H,2-8,13H2,1H3. The average molecular weight is 261 g/mol. The van der Waals surface area contributed by atoms with E-state index >= 15 is 0 Å². The third-order valence-electron chi connectivity index (χ3n) is 4.16. The number of sulfone groups is 1. The molecule has 0 amide bonds. The highest BCUT2D eigenvalue weighted by Gasteiger charge is 2.40.